The summed E-state index contributed by atoms with van der Waals surface area (Å²) in [6.07, 6.45) is -14.1. The normalized spacial score (nSPS) is 33.1. The van der Waals surface area contributed by atoms with Crippen molar-refractivity contribution in [3.63, 3.8) is 0 Å². The number of hydrogen-bond acceptors (Lipinski definition) is 14. The lowest BCUT2D eigenvalue weighted by molar-refractivity contribution is -0.308. The monoisotopic (exact) mass is 654 g/mol. The standard InChI is InChI=1S/C32H46O14/c1-15-7-17(3-5-21(15)35)9-19(13-43-31-29(41)27(39)25(37)23(11-33)45-31)20(10-18-4-6-22(36)16(2)8-18)14-44-32-30(42)28(40)26(38)24(12-34)46-32/h3-8,19-20,23-42H,9-14H2,1-2H3/t19-,20-,23+,24+,25+,26+,27-,28-,29+,30+,31+,32+/m0/s1. The zero-order valence-electron chi connectivity index (χ0n) is 25.7. The van der Waals surface area contributed by atoms with Crippen molar-refractivity contribution in [3.05, 3.63) is 58.7 Å². The van der Waals surface area contributed by atoms with Crippen molar-refractivity contribution < 1.29 is 70.0 Å². The molecule has 10 N–H and O–H groups in total. The van der Waals surface area contributed by atoms with E-state index in [4.69, 9.17) is 18.9 Å². The van der Waals surface area contributed by atoms with Crippen molar-refractivity contribution in [2.75, 3.05) is 26.4 Å². The number of aromatic hydroxyl groups is 2. The van der Waals surface area contributed by atoms with Gasteiger partial charge in [0.05, 0.1) is 26.4 Å². The van der Waals surface area contributed by atoms with Gasteiger partial charge in [0.1, 0.15) is 60.3 Å². The van der Waals surface area contributed by atoms with E-state index in [1.807, 2.05) is 0 Å². The summed E-state index contributed by atoms with van der Waals surface area (Å²) in [5, 5.41) is 102. The predicted molar refractivity (Wildman–Crippen MR) is 160 cm³/mol. The van der Waals surface area contributed by atoms with E-state index in [1.54, 1.807) is 50.2 Å². The van der Waals surface area contributed by atoms with Crippen LogP contribution in [0.3, 0.4) is 0 Å². The Morgan fingerprint density at radius 1 is 0.587 bits per heavy atom. The average molecular weight is 655 g/mol. The highest BCUT2D eigenvalue weighted by Crippen LogP contribution is 2.31. The van der Waals surface area contributed by atoms with E-state index >= 15 is 0 Å². The lowest BCUT2D eigenvalue weighted by Crippen LogP contribution is -2.59. The molecule has 14 heteroatoms. The summed E-state index contributed by atoms with van der Waals surface area (Å²) in [5.74, 6) is -0.675. The summed E-state index contributed by atoms with van der Waals surface area (Å²) in [6, 6.07) is 10.2. The number of benzene rings is 2. The molecule has 2 fully saturated rings. The maximum absolute atomic E-state index is 10.6. The Kier molecular flexibility index (Phi) is 12.7. The molecular formula is C32H46O14. The molecule has 0 aliphatic carbocycles. The van der Waals surface area contributed by atoms with Crippen LogP contribution in [0, 0.1) is 25.7 Å². The van der Waals surface area contributed by atoms with Crippen molar-refractivity contribution in [2.24, 2.45) is 11.8 Å². The van der Waals surface area contributed by atoms with E-state index in [0.717, 1.165) is 11.1 Å². The molecule has 2 aliphatic heterocycles. The Balaban J connectivity index is 1.63. The molecule has 0 saturated carbocycles. The Labute approximate surface area is 266 Å². The Morgan fingerprint density at radius 3 is 1.28 bits per heavy atom. The minimum absolute atomic E-state index is 0.0949. The quantitative estimate of drug-likeness (QED) is 0.117. The lowest BCUT2D eigenvalue weighted by Gasteiger charge is -2.41. The Bertz CT molecular complexity index is 1160. The van der Waals surface area contributed by atoms with Gasteiger partial charge in [0.25, 0.3) is 0 Å². The SMILES string of the molecule is Cc1cc(C[C@@H](CO[C@@H]2O[C@H](CO)[C@@H](O)[C@H](O)[C@H]2O)[C@H](CO[C@@H]2O[C@H](CO)[C@@H](O)[C@H](O)[C@H]2O)Cc2ccc(O)c(C)c2)ccc1O. The molecule has 0 unspecified atom stereocenters. The van der Waals surface area contributed by atoms with Crippen LogP contribution in [0.2, 0.25) is 0 Å². The van der Waals surface area contributed by atoms with Crippen LogP contribution in [0.1, 0.15) is 22.3 Å². The molecule has 12 atom stereocenters. The van der Waals surface area contributed by atoms with Crippen molar-refractivity contribution >= 4 is 0 Å². The molecule has 258 valence electrons. The average Bonchev–Trinajstić information content (AvgIpc) is 3.04. The van der Waals surface area contributed by atoms with Crippen LogP contribution in [-0.2, 0) is 31.8 Å². The van der Waals surface area contributed by atoms with Crippen LogP contribution >= 0.6 is 0 Å². The van der Waals surface area contributed by atoms with E-state index < -0.39 is 86.5 Å². The first-order chi connectivity index (χ1) is 21.8. The third-order valence-electron chi connectivity index (χ3n) is 8.83. The first-order valence-corrected chi connectivity index (χ1v) is 15.3. The molecule has 2 aromatic carbocycles. The number of phenols is 2. The second-order valence-corrected chi connectivity index (χ2v) is 12.2. The fourth-order valence-electron chi connectivity index (χ4n) is 5.87. The molecule has 46 heavy (non-hydrogen) atoms. The highest BCUT2D eigenvalue weighted by atomic mass is 16.7. The van der Waals surface area contributed by atoms with Crippen LogP contribution < -0.4 is 0 Å². The Morgan fingerprint density at radius 2 is 0.957 bits per heavy atom. The smallest absolute Gasteiger partial charge is 0.186 e. The lowest BCUT2D eigenvalue weighted by atomic mass is 9.83. The van der Waals surface area contributed by atoms with Gasteiger partial charge >= 0.3 is 0 Å². The van der Waals surface area contributed by atoms with Gasteiger partial charge in [0.15, 0.2) is 12.6 Å². The molecule has 2 heterocycles. The molecule has 4 rings (SSSR count). The number of rotatable bonds is 13. The fourth-order valence-corrected chi connectivity index (χ4v) is 5.87. The predicted octanol–water partition coefficient (Wildman–Crippen LogP) is -1.63. The first kappa shape index (κ1) is 36.4. The Hall–Kier alpha value is -2.44. The van der Waals surface area contributed by atoms with Crippen LogP contribution in [0.15, 0.2) is 36.4 Å². The van der Waals surface area contributed by atoms with E-state index in [-0.39, 0.29) is 24.7 Å². The van der Waals surface area contributed by atoms with Crippen LogP contribution in [0.5, 0.6) is 11.5 Å². The van der Waals surface area contributed by atoms with Gasteiger partial charge in [0, 0.05) is 0 Å². The fraction of sp³-hybridized carbons (Fsp3) is 0.625. The molecule has 0 spiro atoms. The molecular weight excluding hydrogens is 608 g/mol. The van der Waals surface area contributed by atoms with Crippen molar-refractivity contribution in [1.29, 1.82) is 0 Å². The molecule has 2 aromatic rings. The number of aryl methyl sites for hydroxylation is 2. The van der Waals surface area contributed by atoms with E-state index in [0.29, 0.717) is 24.0 Å². The summed E-state index contributed by atoms with van der Waals surface area (Å²) in [6.45, 7) is 2.05. The van der Waals surface area contributed by atoms with E-state index in [2.05, 4.69) is 0 Å². The topological polar surface area (TPSA) is 239 Å². The number of ether oxygens (including phenoxy) is 4. The van der Waals surface area contributed by atoms with Crippen LogP contribution in [0.25, 0.3) is 0 Å². The highest BCUT2D eigenvalue weighted by Gasteiger charge is 2.46. The molecule has 0 amide bonds. The molecule has 2 saturated heterocycles. The minimum atomic E-state index is -1.64. The zero-order chi connectivity index (χ0) is 33.7. The molecule has 0 aromatic heterocycles. The van der Waals surface area contributed by atoms with Crippen molar-refractivity contribution in [3.8, 4) is 11.5 Å². The molecule has 14 nitrogen and oxygen atoms in total. The van der Waals surface area contributed by atoms with Crippen molar-refractivity contribution in [2.45, 2.75) is 88.1 Å². The molecule has 0 bridgehead atoms. The largest absolute Gasteiger partial charge is 0.508 e. The van der Waals surface area contributed by atoms with Crippen LogP contribution in [0.4, 0.5) is 0 Å². The first-order valence-electron chi connectivity index (χ1n) is 15.3. The zero-order valence-corrected chi connectivity index (χ0v) is 25.7. The summed E-state index contributed by atoms with van der Waals surface area (Å²) in [7, 11) is 0. The summed E-state index contributed by atoms with van der Waals surface area (Å²) in [4.78, 5) is 0. The highest BCUT2D eigenvalue weighted by molar-refractivity contribution is 5.36. The van der Waals surface area contributed by atoms with Gasteiger partial charge in [-0.25, -0.2) is 0 Å². The maximum Gasteiger partial charge on any atom is 0.186 e. The third-order valence-corrected chi connectivity index (χ3v) is 8.83. The van der Waals surface area contributed by atoms with Gasteiger partial charge in [-0.15, -0.1) is 0 Å². The van der Waals surface area contributed by atoms with Gasteiger partial charge < -0.3 is 70.0 Å². The third kappa shape index (κ3) is 8.52. The number of hydrogen-bond donors (Lipinski definition) is 10. The second kappa shape index (κ2) is 16.1. The van der Waals surface area contributed by atoms with Crippen LogP contribution in [-0.4, -0.2) is 139 Å². The van der Waals surface area contributed by atoms with Gasteiger partial charge in [-0.3, -0.25) is 0 Å². The summed E-state index contributed by atoms with van der Waals surface area (Å²) < 4.78 is 23.1. The van der Waals surface area contributed by atoms with Gasteiger partial charge in [-0.2, -0.15) is 0 Å². The molecule has 0 radical (unpaired) electrons. The van der Waals surface area contributed by atoms with Gasteiger partial charge in [-0.1, -0.05) is 24.3 Å². The summed E-state index contributed by atoms with van der Waals surface area (Å²) >= 11 is 0. The second-order valence-electron chi connectivity index (χ2n) is 12.2. The van der Waals surface area contributed by atoms with E-state index in [9.17, 15) is 51.1 Å². The van der Waals surface area contributed by atoms with Gasteiger partial charge in [-0.05, 0) is 72.9 Å². The minimum Gasteiger partial charge on any atom is -0.508 e. The van der Waals surface area contributed by atoms with Crippen molar-refractivity contribution in [1.82, 2.24) is 0 Å². The number of phenolic OH excluding ortho intramolecular Hbond substituents is 2. The summed E-state index contributed by atoms with van der Waals surface area (Å²) in [5.41, 5.74) is 2.90. The van der Waals surface area contributed by atoms with Gasteiger partial charge in [0.2, 0.25) is 0 Å². The number of aliphatic hydroxyl groups is 8. The van der Waals surface area contributed by atoms with E-state index in [1.165, 1.54) is 0 Å². The maximum atomic E-state index is 10.6. The number of aliphatic hydroxyl groups excluding tert-OH is 8. The molecule has 2 aliphatic rings.